The molecule has 1 aliphatic carbocycles. The molecule has 3 aromatic rings. The van der Waals surface area contributed by atoms with E-state index in [0.29, 0.717) is 5.88 Å². The Bertz CT molecular complexity index is 1160. The van der Waals surface area contributed by atoms with Crippen molar-refractivity contribution in [3.05, 3.63) is 59.2 Å². The van der Waals surface area contributed by atoms with Gasteiger partial charge in [0.15, 0.2) is 10.8 Å². The number of aryl methyl sites for hydroxylation is 1. The molecule has 0 saturated carbocycles. The second-order valence-electron chi connectivity index (χ2n) is 8.48. The lowest BCUT2D eigenvalue weighted by molar-refractivity contribution is -0.136. The maximum atomic E-state index is 13.9. The Labute approximate surface area is 189 Å². The molecular weight excluding hydrogens is 431 g/mol. The summed E-state index contributed by atoms with van der Waals surface area (Å²) in [7, 11) is 0. The number of benzene rings is 1. The zero-order valence-corrected chi connectivity index (χ0v) is 18.8. The van der Waals surface area contributed by atoms with Crippen LogP contribution in [0.4, 0.5) is 4.39 Å². The highest BCUT2D eigenvalue weighted by atomic mass is 32.2. The number of carboxylic acids is 1. The topological polar surface area (TPSA) is 103 Å². The van der Waals surface area contributed by atoms with Crippen LogP contribution in [-0.4, -0.2) is 32.4 Å². The maximum absolute atomic E-state index is 13.9. The molecule has 0 fully saturated rings. The SMILES string of the molecule is CC(C)(COc1cc(-c2ccc3c(c2CC(=O)O)CCC3)ccn1)n1cc(F)c(SN)n1. The predicted molar refractivity (Wildman–Crippen MR) is 120 cm³/mol. The van der Waals surface area contributed by atoms with E-state index in [-0.39, 0.29) is 18.1 Å². The predicted octanol–water partition coefficient (Wildman–Crippen LogP) is 3.98. The van der Waals surface area contributed by atoms with Crippen molar-refractivity contribution < 1.29 is 19.0 Å². The Hall–Kier alpha value is -2.91. The fourth-order valence-electron chi connectivity index (χ4n) is 4.07. The number of aromatic nitrogens is 3. The number of halogens is 1. The third-order valence-electron chi connectivity index (χ3n) is 5.72. The van der Waals surface area contributed by atoms with Gasteiger partial charge in [-0.05, 0) is 78.9 Å². The van der Waals surface area contributed by atoms with Crippen molar-refractivity contribution in [3.63, 3.8) is 0 Å². The van der Waals surface area contributed by atoms with Gasteiger partial charge in [-0.25, -0.2) is 9.37 Å². The zero-order chi connectivity index (χ0) is 22.9. The Morgan fingerprint density at radius 3 is 2.88 bits per heavy atom. The number of carboxylic acid groups (broad SMARTS) is 1. The molecular formula is C23H25FN4O3S. The Kier molecular flexibility index (Phi) is 6.21. The van der Waals surface area contributed by atoms with Crippen molar-refractivity contribution >= 4 is 17.9 Å². The number of rotatable bonds is 8. The van der Waals surface area contributed by atoms with Gasteiger partial charge in [0, 0.05) is 12.3 Å². The zero-order valence-electron chi connectivity index (χ0n) is 18.0. The molecule has 3 N–H and O–H groups in total. The number of ether oxygens (including phenoxy) is 1. The van der Waals surface area contributed by atoms with Crippen molar-refractivity contribution in [2.45, 2.75) is 50.1 Å². The molecule has 9 heteroatoms. The van der Waals surface area contributed by atoms with E-state index in [0.717, 1.165) is 53.5 Å². The molecule has 0 saturated heterocycles. The van der Waals surface area contributed by atoms with Gasteiger partial charge in [0.2, 0.25) is 5.88 Å². The minimum absolute atomic E-state index is 0.0175. The molecule has 0 atom stereocenters. The average Bonchev–Trinajstić information content (AvgIpc) is 3.39. The van der Waals surface area contributed by atoms with Crippen LogP contribution in [0.3, 0.4) is 0 Å². The summed E-state index contributed by atoms with van der Waals surface area (Å²) >= 11 is 0.758. The number of hydrogen-bond donors (Lipinski definition) is 2. The first kappa shape index (κ1) is 22.3. The summed E-state index contributed by atoms with van der Waals surface area (Å²) in [5.74, 6) is -0.924. The molecule has 0 bridgehead atoms. The van der Waals surface area contributed by atoms with Crippen LogP contribution >= 0.6 is 11.9 Å². The van der Waals surface area contributed by atoms with Crippen molar-refractivity contribution in [1.82, 2.24) is 14.8 Å². The fraction of sp³-hybridized carbons (Fsp3) is 0.348. The highest BCUT2D eigenvalue weighted by Gasteiger charge is 2.25. The van der Waals surface area contributed by atoms with E-state index in [4.69, 9.17) is 9.88 Å². The van der Waals surface area contributed by atoms with E-state index in [9.17, 15) is 14.3 Å². The lowest BCUT2D eigenvalue weighted by atomic mass is 9.91. The van der Waals surface area contributed by atoms with Crippen LogP contribution in [0.1, 0.15) is 37.0 Å². The molecule has 0 aliphatic heterocycles. The number of carbonyl (C=O) groups is 1. The molecule has 1 aliphatic rings. The van der Waals surface area contributed by atoms with Crippen molar-refractivity contribution in [2.75, 3.05) is 6.61 Å². The van der Waals surface area contributed by atoms with Gasteiger partial charge in [0.1, 0.15) is 6.61 Å². The van der Waals surface area contributed by atoms with Crippen LogP contribution < -0.4 is 9.88 Å². The van der Waals surface area contributed by atoms with Crippen LogP contribution in [0.5, 0.6) is 5.88 Å². The van der Waals surface area contributed by atoms with E-state index in [2.05, 4.69) is 16.1 Å². The summed E-state index contributed by atoms with van der Waals surface area (Å²) < 4.78 is 21.3. The third-order valence-corrected chi connectivity index (χ3v) is 6.22. The highest BCUT2D eigenvalue weighted by Crippen LogP contribution is 2.35. The highest BCUT2D eigenvalue weighted by molar-refractivity contribution is 7.97. The number of hydrogen-bond acceptors (Lipinski definition) is 6. The van der Waals surface area contributed by atoms with E-state index < -0.39 is 17.3 Å². The molecule has 2 aromatic heterocycles. The first-order valence-corrected chi connectivity index (χ1v) is 11.2. The summed E-state index contributed by atoms with van der Waals surface area (Å²) in [5.41, 5.74) is 4.35. The van der Waals surface area contributed by atoms with Crippen LogP contribution in [0.15, 0.2) is 41.7 Å². The molecule has 168 valence electrons. The monoisotopic (exact) mass is 456 g/mol. The molecule has 1 aromatic carbocycles. The van der Waals surface area contributed by atoms with Gasteiger partial charge in [-0.2, -0.15) is 5.10 Å². The van der Waals surface area contributed by atoms with E-state index in [1.54, 1.807) is 6.20 Å². The van der Waals surface area contributed by atoms with E-state index in [1.807, 2.05) is 32.0 Å². The number of aliphatic carboxylic acids is 1. The first-order valence-electron chi connectivity index (χ1n) is 10.4. The second kappa shape index (κ2) is 8.91. The van der Waals surface area contributed by atoms with Crippen LogP contribution in [0, 0.1) is 5.82 Å². The summed E-state index contributed by atoms with van der Waals surface area (Å²) in [6.07, 6.45) is 5.86. The second-order valence-corrected chi connectivity index (χ2v) is 9.10. The Balaban J connectivity index is 1.59. The summed E-state index contributed by atoms with van der Waals surface area (Å²) in [5, 5.41) is 19.2. The lowest BCUT2D eigenvalue weighted by Crippen LogP contribution is -2.34. The number of nitrogens with zero attached hydrogens (tertiary/aromatic N) is 3. The summed E-state index contributed by atoms with van der Waals surface area (Å²) in [4.78, 5) is 15.8. The molecule has 0 spiro atoms. The lowest BCUT2D eigenvalue weighted by Gasteiger charge is -2.25. The van der Waals surface area contributed by atoms with E-state index >= 15 is 0 Å². The Morgan fingerprint density at radius 2 is 2.16 bits per heavy atom. The molecule has 7 nitrogen and oxygen atoms in total. The van der Waals surface area contributed by atoms with E-state index in [1.165, 1.54) is 16.4 Å². The summed E-state index contributed by atoms with van der Waals surface area (Å²) in [6, 6.07) is 7.74. The van der Waals surface area contributed by atoms with Crippen LogP contribution in [-0.2, 0) is 29.6 Å². The molecule has 0 radical (unpaired) electrons. The van der Waals surface area contributed by atoms with Gasteiger partial charge in [0.25, 0.3) is 0 Å². The standard InChI is InChI=1S/C23H25FN4O3S/c1-23(2,28-12-19(24)22(27-28)32-25)13-31-20-10-15(8-9-26-20)17-7-6-14-4-3-5-16(14)18(17)11-21(29)30/h6-10,12H,3-5,11,13,25H2,1-2H3,(H,29,30). The van der Waals surface area contributed by atoms with Crippen molar-refractivity contribution in [2.24, 2.45) is 5.14 Å². The molecule has 0 unspecified atom stereocenters. The summed E-state index contributed by atoms with van der Waals surface area (Å²) in [6.45, 7) is 3.95. The first-order chi connectivity index (χ1) is 15.3. The van der Waals surface area contributed by atoms with Gasteiger partial charge in [-0.3, -0.25) is 14.6 Å². The normalized spacial score (nSPS) is 13.2. The van der Waals surface area contributed by atoms with Gasteiger partial charge in [-0.15, -0.1) is 0 Å². The largest absolute Gasteiger partial charge is 0.481 e. The number of fused-ring (bicyclic) bond motifs is 1. The number of nitrogens with two attached hydrogens (primary N) is 1. The fourth-order valence-corrected chi connectivity index (χ4v) is 4.37. The average molecular weight is 457 g/mol. The molecule has 4 rings (SSSR count). The smallest absolute Gasteiger partial charge is 0.307 e. The van der Waals surface area contributed by atoms with Crippen LogP contribution in [0.2, 0.25) is 0 Å². The van der Waals surface area contributed by atoms with Crippen LogP contribution in [0.25, 0.3) is 11.1 Å². The third kappa shape index (κ3) is 4.49. The van der Waals surface area contributed by atoms with Gasteiger partial charge < -0.3 is 9.84 Å². The van der Waals surface area contributed by atoms with Crippen molar-refractivity contribution in [1.29, 1.82) is 0 Å². The molecule has 32 heavy (non-hydrogen) atoms. The molecule has 2 heterocycles. The van der Waals surface area contributed by atoms with Gasteiger partial charge in [0.05, 0.1) is 18.2 Å². The van der Waals surface area contributed by atoms with Crippen molar-refractivity contribution in [3.8, 4) is 17.0 Å². The Morgan fingerprint density at radius 1 is 1.34 bits per heavy atom. The molecule has 0 amide bonds. The maximum Gasteiger partial charge on any atom is 0.307 e. The van der Waals surface area contributed by atoms with Gasteiger partial charge in [-0.1, -0.05) is 12.1 Å². The van der Waals surface area contributed by atoms with Gasteiger partial charge >= 0.3 is 5.97 Å². The number of pyridine rings is 1. The minimum Gasteiger partial charge on any atom is -0.481 e. The quantitative estimate of drug-likeness (QED) is 0.494. The minimum atomic E-state index is -0.847.